The van der Waals surface area contributed by atoms with Crippen molar-refractivity contribution in [1.29, 1.82) is 0 Å². The first-order chi connectivity index (χ1) is 12.4. The summed E-state index contributed by atoms with van der Waals surface area (Å²) in [7, 11) is 1.71. The Bertz CT molecular complexity index is 673. The molecule has 3 heteroatoms. The molecule has 0 aliphatic rings. The van der Waals surface area contributed by atoms with Crippen LogP contribution in [0.4, 0.5) is 0 Å². The molecule has 26 heavy (non-hydrogen) atoms. The molecule has 0 radical (unpaired) electrons. The Labute approximate surface area is 159 Å². The van der Waals surface area contributed by atoms with Gasteiger partial charge in [0.25, 0.3) is 0 Å². The van der Waals surface area contributed by atoms with Gasteiger partial charge in [0.05, 0.1) is 7.11 Å². The van der Waals surface area contributed by atoms with Crippen LogP contribution in [0.25, 0.3) is 10.8 Å². The summed E-state index contributed by atoms with van der Waals surface area (Å²) in [6.07, 6.45) is 1.20. The van der Waals surface area contributed by atoms with E-state index in [4.69, 9.17) is 4.74 Å². The molecule has 2 rings (SSSR count). The first-order valence-corrected chi connectivity index (χ1v) is 9.96. The van der Waals surface area contributed by atoms with E-state index in [0.717, 1.165) is 25.4 Å². The van der Waals surface area contributed by atoms with Crippen LogP contribution < -0.4 is 10.1 Å². The molecule has 1 atom stereocenters. The summed E-state index contributed by atoms with van der Waals surface area (Å²) in [5.41, 5.74) is 1.39. The number of hydrogen-bond donors (Lipinski definition) is 1. The fourth-order valence-corrected chi connectivity index (χ4v) is 3.61. The SMILES string of the molecule is COc1ccc2cc(C(C)CNCCCN(C(C)C)C(C)C)ccc2c1. The molecule has 2 aromatic carbocycles. The topological polar surface area (TPSA) is 24.5 Å². The van der Waals surface area contributed by atoms with Crippen molar-refractivity contribution in [1.82, 2.24) is 10.2 Å². The molecular formula is C23H36N2O. The number of fused-ring (bicyclic) bond motifs is 1. The van der Waals surface area contributed by atoms with Gasteiger partial charge in [0.15, 0.2) is 0 Å². The Morgan fingerprint density at radius 3 is 2.23 bits per heavy atom. The van der Waals surface area contributed by atoms with Crippen molar-refractivity contribution >= 4 is 10.8 Å². The smallest absolute Gasteiger partial charge is 0.119 e. The summed E-state index contributed by atoms with van der Waals surface area (Å²) in [5.74, 6) is 1.42. The standard InChI is InChI=1S/C23H36N2O/c1-17(2)25(18(3)4)13-7-12-24-16-19(5)20-8-9-22-15-23(26-6)11-10-21(22)14-20/h8-11,14-15,17-19,24H,7,12-13,16H2,1-6H3. The van der Waals surface area contributed by atoms with Crippen molar-refractivity contribution in [2.75, 3.05) is 26.7 Å². The predicted octanol–water partition coefficient (Wildman–Crippen LogP) is 5.05. The second-order valence-electron chi connectivity index (χ2n) is 7.86. The van der Waals surface area contributed by atoms with E-state index in [0.29, 0.717) is 18.0 Å². The minimum absolute atomic E-state index is 0.507. The van der Waals surface area contributed by atoms with Crippen LogP contribution in [-0.4, -0.2) is 43.7 Å². The Balaban J connectivity index is 1.82. The van der Waals surface area contributed by atoms with E-state index in [1.165, 1.54) is 22.8 Å². The third-order valence-electron chi connectivity index (χ3n) is 5.19. The van der Waals surface area contributed by atoms with Crippen LogP contribution in [0.3, 0.4) is 0 Å². The lowest BCUT2D eigenvalue weighted by Gasteiger charge is -2.30. The number of ether oxygens (including phenoxy) is 1. The van der Waals surface area contributed by atoms with E-state index in [1.807, 2.05) is 6.07 Å². The molecule has 0 aromatic heterocycles. The maximum absolute atomic E-state index is 5.31. The molecule has 0 saturated heterocycles. The molecule has 0 saturated carbocycles. The van der Waals surface area contributed by atoms with Crippen LogP contribution in [-0.2, 0) is 0 Å². The van der Waals surface area contributed by atoms with Crippen molar-refractivity contribution < 1.29 is 4.74 Å². The number of rotatable bonds is 10. The number of methoxy groups -OCH3 is 1. The van der Waals surface area contributed by atoms with Crippen molar-refractivity contribution in [3.63, 3.8) is 0 Å². The molecule has 0 fully saturated rings. The van der Waals surface area contributed by atoms with Crippen LogP contribution in [0.2, 0.25) is 0 Å². The molecule has 1 N–H and O–H groups in total. The van der Waals surface area contributed by atoms with Gasteiger partial charge in [-0.05, 0) is 81.6 Å². The fraction of sp³-hybridized carbons (Fsp3) is 0.565. The van der Waals surface area contributed by atoms with Crippen molar-refractivity contribution in [2.45, 2.75) is 59.0 Å². The van der Waals surface area contributed by atoms with E-state index in [2.05, 4.69) is 75.2 Å². The van der Waals surface area contributed by atoms with Gasteiger partial charge in [-0.1, -0.05) is 31.2 Å². The summed E-state index contributed by atoms with van der Waals surface area (Å²) in [6, 6.07) is 14.3. The quantitative estimate of drug-likeness (QED) is 0.603. The van der Waals surface area contributed by atoms with Crippen molar-refractivity contribution in [3.8, 4) is 5.75 Å². The molecule has 0 aliphatic carbocycles. The van der Waals surface area contributed by atoms with E-state index < -0.39 is 0 Å². The molecule has 0 heterocycles. The zero-order valence-corrected chi connectivity index (χ0v) is 17.4. The lowest BCUT2D eigenvalue weighted by atomic mass is 9.97. The minimum Gasteiger partial charge on any atom is -0.497 e. The van der Waals surface area contributed by atoms with Crippen LogP contribution in [0.5, 0.6) is 5.75 Å². The first kappa shape index (κ1) is 20.7. The normalized spacial score (nSPS) is 13.1. The Hall–Kier alpha value is -1.58. The van der Waals surface area contributed by atoms with Crippen LogP contribution in [0.1, 0.15) is 52.5 Å². The zero-order valence-electron chi connectivity index (χ0n) is 17.4. The van der Waals surface area contributed by atoms with Crippen LogP contribution >= 0.6 is 0 Å². The molecule has 0 aliphatic heterocycles. The summed E-state index contributed by atoms with van der Waals surface area (Å²) in [6.45, 7) is 14.7. The van der Waals surface area contributed by atoms with Gasteiger partial charge in [-0.3, -0.25) is 4.90 Å². The maximum Gasteiger partial charge on any atom is 0.119 e. The monoisotopic (exact) mass is 356 g/mol. The number of benzene rings is 2. The van der Waals surface area contributed by atoms with E-state index in [1.54, 1.807) is 7.11 Å². The predicted molar refractivity (Wildman–Crippen MR) is 113 cm³/mol. The van der Waals surface area contributed by atoms with E-state index >= 15 is 0 Å². The molecule has 0 bridgehead atoms. The highest BCUT2D eigenvalue weighted by Crippen LogP contribution is 2.24. The van der Waals surface area contributed by atoms with Crippen molar-refractivity contribution in [3.05, 3.63) is 42.0 Å². The second kappa shape index (κ2) is 9.94. The zero-order chi connectivity index (χ0) is 19.1. The lowest BCUT2D eigenvalue weighted by Crippen LogP contribution is -2.38. The second-order valence-corrected chi connectivity index (χ2v) is 7.86. The van der Waals surface area contributed by atoms with E-state index in [9.17, 15) is 0 Å². The molecular weight excluding hydrogens is 320 g/mol. The third-order valence-corrected chi connectivity index (χ3v) is 5.19. The first-order valence-electron chi connectivity index (χ1n) is 9.96. The molecule has 2 aromatic rings. The number of hydrogen-bond acceptors (Lipinski definition) is 3. The Morgan fingerprint density at radius 2 is 1.58 bits per heavy atom. The van der Waals surface area contributed by atoms with Gasteiger partial charge in [-0.15, -0.1) is 0 Å². The number of nitrogens with zero attached hydrogens (tertiary/aromatic N) is 1. The lowest BCUT2D eigenvalue weighted by molar-refractivity contribution is 0.172. The van der Waals surface area contributed by atoms with Gasteiger partial charge in [-0.2, -0.15) is 0 Å². The van der Waals surface area contributed by atoms with E-state index in [-0.39, 0.29) is 0 Å². The van der Waals surface area contributed by atoms with Gasteiger partial charge in [0.1, 0.15) is 5.75 Å². The minimum atomic E-state index is 0.507. The molecule has 144 valence electrons. The molecule has 0 amide bonds. The van der Waals surface area contributed by atoms with Crippen LogP contribution in [0.15, 0.2) is 36.4 Å². The van der Waals surface area contributed by atoms with Gasteiger partial charge in [-0.25, -0.2) is 0 Å². The van der Waals surface area contributed by atoms with Crippen LogP contribution in [0, 0.1) is 0 Å². The largest absolute Gasteiger partial charge is 0.497 e. The highest BCUT2D eigenvalue weighted by atomic mass is 16.5. The summed E-state index contributed by atoms with van der Waals surface area (Å²) in [4.78, 5) is 2.56. The average Bonchev–Trinajstić information content (AvgIpc) is 2.62. The number of nitrogens with one attached hydrogen (secondary N) is 1. The summed E-state index contributed by atoms with van der Waals surface area (Å²) >= 11 is 0. The summed E-state index contributed by atoms with van der Waals surface area (Å²) < 4.78 is 5.31. The Morgan fingerprint density at radius 1 is 0.923 bits per heavy atom. The summed E-state index contributed by atoms with van der Waals surface area (Å²) in [5, 5.41) is 6.15. The van der Waals surface area contributed by atoms with Gasteiger partial charge >= 0.3 is 0 Å². The average molecular weight is 357 g/mol. The van der Waals surface area contributed by atoms with Gasteiger partial charge < -0.3 is 10.1 Å². The Kier molecular flexibility index (Phi) is 7.92. The third kappa shape index (κ3) is 5.72. The highest BCUT2D eigenvalue weighted by Gasteiger charge is 2.12. The molecule has 3 nitrogen and oxygen atoms in total. The highest BCUT2D eigenvalue weighted by molar-refractivity contribution is 5.84. The fourth-order valence-electron chi connectivity index (χ4n) is 3.61. The molecule has 0 spiro atoms. The van der Waals surface area contributed by atoms with Gasteiger partial charge in [0, 0.05) is 18.6 Å². The van der Waals surface area contributed by atoms with Crippen molar-refractivity contribution in [2.24, 2.45) is 0 Å². The maximum atomic E-state index is 5.31. The van der Waals surface area contributed by atoms with Gasteiger partial charge in [0.2, 0.25) is 0 Å². The molecule has 1 unspecified atom stereocenters.